The van der Waals surface area contributed by atoms with Crippen LogP contribution in [-0.4, -0.2) is 13.2 Å². The zero-order valence-corrected chi connectivity index (χ0v) is 12.4. The van der Waals surface area contributed by atoms with Crippen LogP contribution in [0.15, 0.2) is 42.5 Å². The summed E-state index contributed by atoms with van der Waals surface area (Å²) in [6.45, 7) is 2.17. The largest absolute Gasteiger partial charge is 0.494 e. The quantitative estimate of drug-likeness (QED) is 0.893. The van der Waals surface area contributed by atoms with Crippen LogP contribution in [0.4, 0.5) is 10.1 Å². The average Bonchev–Trinajstić information content (AvgIpc) is 2.44. The van der Waals surface area contributed by atoms with Gasteiger partial charge < -0.3 is 10.1 Å². The highest BCUT2D eigenvalue weighted by molar-refractivity contribution is 5.57. The lowest BCUT2D eigenvalue weighted by Crippen LogP contribution is -2.34. The third-order valence-corrected chi connectivity index (χ3v) is 4.29. The van der Waals surface area contributed by atoms with Gasteiger partial charge in [-0.2, -0.15) is 0 Å². The van der Waals surface area contributed by atoms with Crippen LogP contribution >= 0.6 is 0 Å². The molecular formula is C18H20FNO. The molecule has 0 amide bonds. The Balaban J connectivity index is 1.64. The summed E-state index contributed by atoms with van der Waals surface area (Å²) in [6, 6.07) is 13.6. The van der Waals surface area contributed by atoms with E-state index in [1.165, 1.54) is 23.3 Å². The Hall–Kier alpha value is -2.03. The normalized spacial score (nSPS) is 20.7. The van der Waals surface area contributed by atoms with E-state index in [-0.39, 0.29) is 5.82 Å². The maximum absolute atomic E-state index is 13.2. The second-order valence-corrected chi connectivity index (χ2v) is 5.71. The summed E-state index contributed by atoms with van der Waals surface area (Å²) >= 11 is 0. The van der Waals surface area contributed by atoms with Gasteiger partial charge in [0.15, 0.2) is 0 Å². The van der Waals surface area contributed by atoms with Gasteiger partial charge in [-0.05, 0) is 48.9 Å². The van der Waals surface area contributed by atoms with Crippen molar-refractivity contribution in [2.24, 2.45) is 0 Å². The van der Waals surface area contributed by atoms with Crippen LogP contribution in [0.5, 0.6) is 5.75 Å². The van der Waals surface area contributed by atoms with Crippen molar-refractivity contribution in [2.75, 3.05) is 12.4 Å². The molecule has 1 saturated carbocycles. The van der Waals surface area contributed by atoms with E-state index in [0.29, 0.717) is 17.7 Å². The summed E-state index contributed by atoms with van der Waals surface area (Å²) < 4.78 is 18.4. The highest BCUT2D eigenvalue weighted by Gasteiger charge is 2.31. The zero-order valence-electron chi connectivity index (χ0n) is 12.4. The summed E-state index contributed by atoms with van der Waals surface area (Å²) in [6.07, 6.45) is 2.21. The lowest BCUT2D eigenvalue weighted by Gasteiger charge is -2.37. The Bertz CT molecular complexity index is 635. The van der Waals surface area contributed by atoms with Crippen LogP contribution in [-0.2, 0) is 0 Å². The number of halogens is 1. The Morgan fingerprint density at radius 1 is 1.14 bits per heavy atom. The topological polar surface area (TPSA) is 21.3 Å². The fraction of sp³-hybridized carbons (Fsp3) is 0.333. The molecule has 2 nitrogen and oxygen atoms in total. The van der Waals surface area contributed by atoms with Gasteiger partial charge in [-0.1, -0.05) is 24.3 Å². The number of nitrogens with one attached hydrogen (secondary N) is 1. The van der Waals surface area contributed by atoms with E-state index in [0.717, 1.165) is 18.5 Å². The Morgan fingerprint density at radius 2 is 1.90 bits per heavy atom. The SMILES string of the molecule is COc1cc(F)ccc1NC1CC(c2ccccc2C)C1. The standard InChI is InChI=1S/C18H20FNO/c1-12-5-3-4-6-16(12)13-9-15(10-13)20-17-8-7-14(19)11-18(17)21-2/h3-8,11,13,15,20H,9-10H2,1-2H3. The molecule has 1 N–H and O–H groups in total. The van der Waals surface area contributed by atoms with Crippen molar-refractivity contribution < 1.29 is 9.13 Å². The molecule has 0 bridgehead atoms. The van der Waals surface area contributed by atoms with Crippen LogP contribution in [0.3, 0.4) is 0 Å². The van der Waals surface area contributed by atoms with Gasteiger partial charge in [-0.25, -0.2) is 4.39 Å². The third kappa shape index (κ3) is 2.87. The second-order valence-electron chi connectivity index (χ2n) is 5.71. The van der Waals surface area contributed by atoms with E-state index in [1.54, 1.807) is 13.2 Å². The molecule has 0 heterocycles. The molecule has 0 spiro atoms. The van der Waals surface area contributed by atoms with Gasteiger partial charge in [-0.3, -0.25) is 0 Å². The molecule has 0 unspecified atom stereocenters. The van der Waals surface area contributed by atoms with Crippen LogP contribution in [0.25, 0.3) is 0 Å². The maximum atomic E-state index is 13.2. The van der Waals surface area contributed by atoms with Gasteiger partial charge in [0.05, 0.1) is 12.8 Å². The fourth-order valence-electron chi connectivity index (χ4n) is 3.04. The van der Waals surface area contributed by atoms with Crippen molar-refractivity contribution >= 4 is 5.69 Å². The molecule has 1 aliphatic carbocycles. The van der Waals surface area contributed by atoms with E-state index in [4.69, 9.17) is 4.74 Å². The molecule has 1 fully saturated rings. The molecule has 0 saturated heterocycles. The van der Waals surface area contributed by atoms with Gasteiger partial charge in [0, 0.05) is 12.1 Å². The Morgan fingerprint density at radius 3 is 2.62 bits per heavy atom. The molecule has 110 valence electrons. The lowest BCUT2D eigenvalue weighted by molar-refractivity contribution is 0.368. The summed E-state index contributed by atoms with van der Waals surface area (Å²) in [7, 11) is 1.57. The van der Waals surface area contributed by atoms with Gasteiger partial charge in [0.1, 0.15) is 11.6 Å². The Kier molecular flexibility index (Phi) is 3.82. The molecule has 0 aliphatic heterocycles. The molecule has 1 aliphatic rings. The fourth-order valence-corrected chi connectivity index (χ4v) is 3.04. The third-order valence-electron chi connectivity index (χ3n) is 4.29. The summed E-state index contributed by atoms with van der Waals surface area (Å²) in [5, 5.41) is 3.45. The number of ether oxygens (including phenoxy) is 1. The molecule has 2 aromatic rings. The first-order valence-electron chi connectivity index (χ1n) is 7.33. The first kappa shape index (κ1) is 13.9. The minimum Gasteiger partial charge on any atom is -0.494 e. The summed E-state index contributed by atoms with van der Waals surface area (Å²) in [4.78, 5) is 0. The Labute approximate surface area is 125 Å². The van der Waals surface area contributed by atoms with Gasteiger partial charge in [0.25, 0.3) is 0 Å². The molecular weight excluding hydrogens is 265 g/mol. The minimum atomic E-state index is -0.274. The predicted molar refractivity (Wildman–Crippen MR) is 83.5 cm³/mol. The van der Waals surface area contributed by atoms with Gasteiger partial charge in [-0.15, -0.1) is 0 Å². The number of anilines is 1. The summed E-state index contributed by atoms with van der Waals surface area (Å²) in [5.74, 6) is 0.910. The van der Waals surface area contributed by atoms with Gasteiger partial charge >= 0.3 is 0 Å². The molecule has 0 radical (unpaired) electrons. The molecule has 3 rings (SSSR count). The lowest BCUT2D eigenvalue weighted by atomic mass is 9.74. The van der Waals surface area contributed by atoms with Crippen LogP contribution in [0.1, 0.15) is 29.9 Å². The first-order chi connectivity index (χ1) is 10.2. The van der Waals surface area contributed by atoms with Gasteiger partial charge in [0.2, 0.25) is 0 Å². The van der Waals surface area contributed by atoms with Crippen LogP contribution in [0, 0.1) is 12.7 Å². The summed E-state index contributed by atoms with van der Waals surface area (Å²) in [5.41, 5.74) is 3.68. The molecule has 0 aromatic heterocycles. The number of benzene rings is 2. The number of aryl methyl sites for hydroxylation is 1. The van der Waals surface area contributed by atoms with E-state index < -0.39 is 0 Å². The maximum Gasteiger partial charge on any atom is 0.144 e. The van der Waals surface area contributed by atoms with E-state index in [9.17, 15) is 4.39 Å². The van der Waals surface area contributed by atoms with Crippen molar-refractivity contribution in [3.05, 3.63) is 59.4 Å². The highest BCUT2D eigenvalue weighted by Crippen LogP contribution is 2.40. The predicted octanol–water partition coefficient (Wildman–Crippen LogP) is 4.50. The van der Waals surface area contributed by atoms with E-state index in [1.807, 2.05) is 0 Å². The van der Waals surface area contributed by atoms with Crippen molar-refractivity contribution in [3.63, 3.8) is 0 Å². The van der Waals surface area contributed by atoms with E-state index >= 15 is 0 Å². The van der Waals surface area contributed by atoms with Crippen molar-refractivity contribution in [3.8, 4) is 5.75 Å². The zero-order chi connectivity index (χ0) is 14.8. The number of hydrogen-bond donors (Lipinski definition) is 1. The highest BCUT2D eigenvalue weighted by atomic mass is 19.1. The number of rotatable bonds is 4. The van der Waals surface area contributed by atoms with E-state index in [2.05, 4.69) is 36.5 Å². The molecule has 3 heteroatoms. The second kappa shape index (κ2) is 5.76. The first-order valence-corrected chi connectivity index (χ1v) is 7.33. The average molecular weight is 285 g/mol. The minimum absolute atomic E-state index is 0.274. The van der Waals surface area contributed by atoms with Crippen LogP contribution in [0.2, 0.25) is 0 Å². The molecule has 2 aromatic carbocycles. The van der Waals surface area contributed by atoms with Crippen molar-refractivity contribution in [1.29, 1.82) is 0 Å². The van der Waals surface area contributed by atoms with Crippen molar-refractivity contribution in [1.82, 2.24) is 0 Å². The molecule has 0 atom stereocenters. The van der Waals surface area contributed by atoms with Crippen molar-refractivity contribution in [2.45, 2.75) is 31.7 Å². The van der Waals surface area contributed by atoms with Crippen LogP contribution < -0.4 is 10.1 Å². The smallest absolute Gasteiger partial charge is 0.144 e. The monoisotopic (exact) mass is 285 g/mol. The number of methoxy groups -OCH3 is 1. The number of hydrogen-bond acceptors (Lipinski definition) is 2. The molecule has 21 heavy (non-hydrogen) atoms.